The van der Waals surface area contributed by atoms with Crippen molar-refractivity contribution in [2.45, 2.75) is 52.4 Å². The molecule has 0 N–H and O–H groups in total. The first-order valence-electron chi connectivity index (χ1n) is 13.7. The quantitative estimate of drug-likeness (QED) is 0.200. The first kappa shape index (κ1) is 28.6. The van der Waals surface area contributed by atoms with Crippen LogP contribution in [0.1, 0.15) is 63.8 Å². The molecule has 0 spiro atoms. The topological polar surface area (TPSA) is 3.24 Å². The summed E-state index contributed by atoms with van der Waals surface area (Å²) in [6, 6.07) is 28.6. The fourth-order valence-corrected chi connectivity index (χ4v) is 6.76. The minimum atomic E-state index is 0.0153. The summed E-state index contributed by atoms with van der Waals surface area (Å²) >= 11 is 7.24. The molecule has 0 atom stereocenters. The number of nitrogens with zero attached hydrogens (tertiary/aromatic N) is 1. The van der Waals surface area contributed by atoms with E-state index in [0.717, 1.165) is 42.7 Å². The monoisotopic (exact) mass is 653 g/mol. The molecule has 4 aromatic carbocycles. The van der Waals surface area contributed by atoms with Crippen LogP contribution in [0.4, 0.5) is 17.1 Å². The fourth-order valence-electron chi connectivity index (χ4n) is 6.23. The molecular formula is C37H37Br2N. The maximum Gasteiger partial charge on any atom is 0.0546 e. The molecule has 4 aromatic rings. The predicted molar refractivity (Wildman–Crippen MR) is 182 cm³/mol. The normalized spacial score (nSPS) is 16.3. The van der Waals surface area contributed by atoms with E-state index in [1.54, 1.807) is 0 Å². The largest absolute Gasteiger partial charge is 0.310 e. The van der Waals surface area contributed by atoms with Gasteiger partial charge in [-0.3, -0.25) is 0 Å². The molecule has 0 amide bonds. The number of anilines is 3. The Morgan fingerprint density at radius 3 is 1.57 bits per heavy atom. The van der Waals surface area contributed by atoms with Gasteiger partial charge in [0.15, 0.2) is 0 Å². The number of fused-ring (bicyclic) bond motifs is 1. The number of halogens is 2. The van der Waals surface area contributed by atoms with Crippen molar-refractivity contribution >= 4 is 61.1 Å². The number of benzene rings is 4. The molecule has 3 heteroatoms. The highest BCUT2D eigenvalue weighted by Crippen LogP contribution is 2.62. The van der Waals surface area contributed by atoms with Gasteiger partial charge in [0.25, 0.3) is 0 Å². The Kier molecular flexibility index (Phi) is 7.30. The average Bonchev–Trinajstić information content (AvgIpc) is 3.04. The molecule has 0 heterocycles. The molecule has 0 fully saturated rings. The average molecular weight is 656 g/mol. The minimum Gasteiger partial charge on any atom is -0.310 e. The molecule has 1 nitrogen and oxygen atoms in total. The van der Waals surface area contributed by atoms with Gasteiger partial charge in [0.05, 0.1) is 5.69 Å². The van der Waals surface area contributed by atoms with Gasteiger partial charge in [-0.25, -0.2) is 0 Å². The van der Waals surface area contributed by atoms with Gasteiger partial charge >= 0.3 is 0 Å². The van der Waals surface area contributed by atoms with Crippen molar-refractivity contribution in [2.75, 3.05) is 4.90 Å². The van der Waals surface area contributed by atoms with Crippen LogP contribution in [0.2, 0.25) is 0 Å². The van der Waals surface area contributed by atoms with Crippen molar-refractivity contribution in [2.24, 2.45) is 5.41 Å². The van der Waals surface area contributed by atoms with Crippen LogP contribution in [0, 0.1) is 5.41 Å². The van der Waals surface area contributed by atoms with Crippen LogP contribution in [0.5, 0.6) is 0 Å². The van der Waals surface area contributed by atoms with Gasteiger partial charge < -0.3 is 4.90 Å². The lowest BCUT2D eigenvalue weighted by atomic mass is 9.59. The summed E-state index contributed by atoms with van der Waals surface area (Å²) in [4.78, 5) is 2.33. The number of hydrogen-bond acceptors (Lipinski definition) is 1. The molecule has 0 radical (unpaired) electrons. The zero-order valence-electron chi connectivity index (χ0n) is 24.3. The molecule has 0 aliphatic heterocycles. The Morgan fingerprint density at radius 1 is 0.600 bits per heavy atom. The Balaban J connectivity index is 1.82. The summed E-state index contributed by atoms with van der Waals surface area (Å²) in [6.07, 6.45) is 3.85. The van der Waals surface area contributed by atoms with E-state index in [2.05, 4.69) is 170 Å². The van der Waals surface area contributed by atoms with Crippen LogP contribution in [-0.4, -0.2) is 0 Å². The zero-order valence-corrected chi connectivity index (χ0v) is 27.4. The SMILES string of the molecule is C=Cc1cc(-c2ccc3c(c2)C(C)(C)C(C)(C)C3(C)C)c(N(c2ccc(Br)cc2)c2ccc(Br)cc2)cc1C=C. The van der Waals surface area contributed by atoms with Gasteiger partial charge in [-0.05, 0) is 105 Å². The lowest BCUT2D eigenvalue weighted by Gasteiger charge is -2.44. The van der Waals surface area contributed by atoms with Gasteiger partial charge in [-0.2, -0.15) is 0 Å². The Labute approximate surface area is 256 Å². The van der Waals surface area contributed by atoms with E-state index < -0.39 is 0 Å². The second-order valence-electron chi connectivity index (χ2n) is 12.3. The van der Waals surface area contributed by atoms with Crippen LogP contribution < -0.4 is 4.90 Å². The first-order chi connectivity index (χ1) is 18.8. The molecular weight excluding hydrogens is 618 g/mol. The van der Waals surface area contributed by atoms with Crippen molar-refractivity contribution in [3.8, 4) is 11.1 Å². The predicted octanol–water partition coefficient (Wildman–Crippen LogP) is 12.2. The molecule has 204 valence electrons. The molecule has 0 unspecified atom stereocenters. The van der Waals surface area contributed by atoms with Gasteiger partial charge in [0.1, 0.15) is 0 Å². The van der Waals surface area contributed by atoms with E-state index in [1.165, 1.54) is 16.7 Å². The van der Waals surface area contributed by atoms with Crippen LogP contribution in [0.3, 0.4) is 0 Å². The van der Waals surface area contributed by atoms with E-state index in [0.29, 0.717) is 0 Å². The Hall–Kier alpha value is -2.88. The molecule has 0 saturated heterocycles. The highest BCUT2D eigenvalue weighted by Gasteiger charge is 2.56. The van der Waals surface area contributed by atoms with Crippen molar-refractivity contribution in [1.82, 2.24) is 0 Å². The summed E-state index contributed by atoms with van der Waals surface area (Å²) in [6.45, 7) is 22.7. The van der Waals surface area contributed by atoms with Crippen molar-refractivity contribution in [3.05, 3.63) is 123 Å². The van der Waals surface area contributed by atoms with Crippen LogP contribution in [0.25, 0.3) is 23.3 Å². The van der Waals surface area contributed by atoms with Gasteiger partial charge in [0.2, 0.25) is 0 Å². The van der Waals surface area contributed by atoms with Crippen LogP contribution >= 0.6 is 31.9 Å². The molecule has 0 saturated carbocycles. The summed E-state index contributed by atoms with van der Waals surface area (Å²) in [5.41, 5.74) is 10.8. The van der Waals surface area contributed by atoms with E-state index in [9.17, 15) is 0 Å². The Morgan fingerprint density at radius 2 is 1.07 bits per heavy atom. The van der Waals surface area contributed by atoms with Gasteiger partial charge in [0, 0.05) is 25.9 Å². The minimum absolute atomic E-state index is 0.0153. The maximum atomic E-state index is 4.13. The van der Waals surface area contributed by atoms with Crippen molar-refractivity contribution in [3.63, 3.8) is 0 Å². The third-order valence-electron chi connectivity index (χ3n) is 9.85. The smallest absolute Gasteiger partial charge is 0.0546 e. The van der Waals surface area contributed by atoms with E-state index >= 15 is 0 Å². The van der Waals surface area contributed by atoms with E-state index in [-0.39, 0.29) is 16.2 Å². The summed E-state index contributed by atoms with van der Waals surface area (Å²) in [5, 5.41) is 0. The second kappa shape index (κ2) is 10.2. The van der Waals surface area contributed by atoms with Gasteiger partial charge in [-0.1, -0.05) is 117 Å². The molecule has 5 rings (SSSR count). The van der Waals surface area contributed by atoms with Crippen molar-refractivity contribution < 1.29 is 0 Å². The van der Waals surface area contributed by atoms with Crippen LogP contribution in [0.15, 0.2) is 101 Å². The first-order valence-corrected chi connectivity index (χ1v) is 15.3. The third kappa shape index (κ3) is 4.43. The lowest BCUT2D eigenvalue weighted by molar-refractivity contribution is 0.125. The Bertz CT molecular complexity index is 1560. The number of hydrogen-bond donors (Lipinski definition) is 0. The maximum absolute atomic E-state index is 4.13. The second-order valence-corrected chi connectivity index (χ2v) is 14.2. The standard InChI is InChI=1S/C37H37Br2N/c1-9-24-21-31(26-11-20-32-33(22-26)36(5,6)37(7,8)35(32,3)4)34(23-25(24)10-2)40(29-16-12-27(38)13-17-29)30-18-14-28(39)15-19-30/h9-23H,1-2H2,3-8H3. The third-order valence-corrected chi connectivity index (χ3v) is 10.9. The highest BCUT2D eigenvalue weighted by molar-refractivity contribution is 9.10. The summed E-state index contributed by atoms with van der Waals surface area (Å²) in [5.74, 6) is 0. The molecule has 0 aromatic heterocycles. The lowest BCUT2D eigenvalue weighted by Crippen LogP contribution is -2.42. The fraction of sp³-hybridized carbons (Fsp3) is 0.243. The zero-order chi connectivity index (χ0) is 29.0. The highest BCUT2D eigenvalue weighted by atomic mass is 79.9. The van der Waals surface area contributed by atoms with Gasteiger partial charge in [-0.15, -0.1) is 0 Å². The van der Waals surface area contributed by atoms with Crippen molar-refractivity contribution in [1.29, 1.82) is 0 Å². The molecule has 40 heavy (non-hydrogen) atoms. The molecule has 1 aliphatic carbocycles. The summed E-state index contributed by atoms with van der Waals surface area (Å²) < 4.78 is 2.10. The van der Waals surface area contributed by atoms with E-state index in [1.807, 2.05) is 12.2 Å². The number of rotatable bonds is 6. The molecule has 0 bridgehead atoms. The van der Waals surface area contributed by atoms with E-state index in [4.69, 9.17) is 0 Å². The molecule has 1 aliphatic rings. The van der Waals surface area contributed by atoms with Crippen LogP contribution in [-0.2, 0) is 10.8 Å². The summed E-state index contributed by atoms with van der Waals surface area (Å²) in [7, 11) is 0.